The van der Waals surface area contributed by atoms with Gasteiger partial charge >= 0.3 is 0 Å². The Labute approximate surface area is 176 Å². The molecule has 1 saturated heterocycles. The maximum atomic E-state index is 13.9. The molecule has 31 heavy (non-hydrogen) atoms. The smallest absolute Gasteiger partial charge is 0.255 e. The Kier molecular flexibility index (Phi) is 4.87. The molecular weight excluding hydrogens is 403 g/mol. The number of nitrogens with one attached hydrogen (secondary N) is 2. The van der Waals surface area contributed by atoms with Crippen LogP contribution in [0.3, 0.4) is 0 Å². The lowest BCUT2D eigenvalue weighted by Crippen LogP contribution is -2.35. The average Bonchev–Trinajstić information content (AvgIpc) is 3.28. The summed E-state index contributed by atoms with van der Waals surface area (Å²) in [7, 11) is 1.58. The van der Waals surface area contributed by atoms with E-state index >= 15 is 0 Å². The van der Waals surface area contributed by atoms with E-state index < -0.39 is 0 Å². The van der Waals surface area contributed by atoms with E-state index in [9.17, 15) is 9.18 Å². The standard InChI is InChI=1S/C21H21FN6O3/c1-11(8-30-2)25-21(29)15-6-23-20-19(15)26-16(7-24-20)18-14-4-3-12(22)5-17(14)28(27-18)13-9-31-10-13/h3-7,11,13H,8-10H2,1-2H3,(H,23,24)(H,25,29)/t11-/m0/s1. The summed E-state index contributed by atoms with van der Waals surface area (Å²) in [6.07, 6.45) is 3.18. The fourth-order valence-electron chi connectivity index (χ4n) is 3.71. The van der Waals surface area contributed by atoms with E-state index in [4.69, 9.17) is 14.6 Å². The van der Waals surface area contributed by atoms with Crippen molar-refractivity contribution in [3.63, 3.8) is 0 Å². The molecular formula is C21H21FN6O3. The predicted octanol–water partition coefficient (Wildman–Crippen LogP) is 2.45. The minimum Gasteiger partial charge on any atom is -0.383 e. The molecule has 0 bridgehead atoms. The molecule has 4 heterocycles. The zero-order chi connectivity index (χ0) is 21.5. The molecule has 0 aliphatic carbocycles. The van der Waals surface area contributed by atoms with E-state index in [1.54, 1.807) is 30.3 Å². The van der Waals surface area contributed by atoms with E-state index in [1.165, 1.54) is 12.1 Å². The summed E-state index contributed by atoms with van der Waals surface area (Å²) in [6, 6.07) is 4.44. The number of nitrogens with zero attached hydrogens (tertiary/aromatic N) is 4. The molecule has 1 aromatic carbocycles. The van der Waals surface area contributed by atoms with Gasteiger partial charge in [-0.25, -0.2) is 14.4 Å². The molecule has 1 atom stereocenters. The molecule has 5 rings (SSSR count). The highest BCUT2D eigenvalue weighted by atomic mass is 19.1. The lowest BCUT2D eigenvalue weighted by atomic mass is 10.1. The second-order valence-corrected chi connectivity index (χ2v) is 7.63. The third kappa shape index (κ3) is 3.43. The summed E-state index contributed by atoms with van der Waals surface area (Å²) in [5.74, 6) is -0.608. The van der Waals surface area contributed by atoms with Gasteiger partial charge in [-0.05, 0) is 25.1 Å². The molecule has 0 spiro atoms. The topological polar surface area (TPSA) is 107 Å². The normalized spacial score (nSPS) is 15.3. The highest BCUT2D eigenvalue weighted by Gasteiger charge is 2.26. The van der Waals surface area contributed by atoms with Gasteiger partial charge in [0.25, 0.3) is 5.91 Å². The lowest BCUT2D eigenvalue weighted by Gasteiger charge is -2.26. The van der Waals surface area contributed by atoms with E-state index in [1.807, 2.05) is 6.92 Å². The van der Waals surface area contributed by atoms with Crippen molar-refractivity contribution in [2.75, 3.05) is 26.9 Å². The van der Waals surface area contributed by atoms with Gasteiger partial charge in [0, 0.05) is 24.7 Å². The van der Waals surface area contributed by atoms with Gasteiger partial charge < -0.3 is 19.8 Å². The third-order valence-corrected chi connectivity index (χ3v) is 5.30. The van der Waals surface area contributed by atoms with Crippen molar-refractivity contribution in [3.05, 3.63) is 42.0 Å². The van der Waals surface area contributed by atoms with Crippen LogP contribution in [0.15, 0.2) is 30.6 Å². The molecule has 160 valence electrons. The summed E-state index contributed by atoms with van der Waals surface area (Å²) < 4.78 is 26.1. The molecule has 1 aliphatic rings. The van der Waals surface area contributed by atoms with Crippen molar-refractivity contribution >= 4 is 28.0 Å². The van der Waals surface area contributed by atoms with Gasteiger partial charge in [0.1, 0.15) is 22.7 Å². The highest BCUT2D eigenvalue weighted by molar-refractivity contribution is 6.05. The van der Waals surface area contributed by atoms with Crippen molar-refractivity contribution in [1.29, 1.82) is 0 Å². The Bertz CT molecular complexity index is 1280. The largest absolute Gasteiger partial charge is 0.383 e. The number of methoxy groups -OCH3 is 1. The summed E-state index contributed by atoms with van der Waals surface area (Å²) >= 11 is 0. The number of benzene rings is 1. The maximum absolute atomic E-state index is 13.9. The van der Waals surface area contributed by atoms with Gasteiger partial charge in [-0.15, -0.1) is 0 Å². The van der Waals surface area contributed by atoms with Crippen molar-refractivity contribution in [3.8, 4) is 11.4 Å². The van der Waals surface area contributed by atoms with E-state index in [0.717, 1.165) is 5.39 Å². The first-order chi connectivity index (χ1) is 15.0. The number of fused-ring (bicyclic) bond motifs is 2. The number of hydrogen-bond acceptors (Lipinski definition) is 6. The average molecular weight is 424 g/mol. The summed E-state index contributed by atoms with van der Waals surface area (Å²) in [5, 5.41) is 8.34. The number of amides is 1. The van der Waals surface area contributed by atoms with E-state index in [-0.39, 0.29) is 23.8 Å². The third-order valence-electron chi connectivity index (χ3n) is 5.30. The van der Waals surface area contributed by atoms with Crippen LogP contribution in [0, 0.1) is 5.82 Å². The van der Waals surface area contributed by atoms with Gasteiger partial charge in [-0.1, -0.05) is 0 Å². The van der Waals surface area contributed by atoms with E-state index in [0.29, 0.717) is 53.5 Å². The first-order valence-electron chi connectivity index (χ1n) is 9.95. The first kappa shape index (κ1) is 19.6. The molecule has 1 aliphatic heterocycles. The Hall–Kier alpha value is -3.37. The first-order valence-corrected chi connectivity index (χ1v) is 9.95. The van der Waals surface area contributed by atoms with Crippen molar-refractivity contribution in [1.82, 2.24) is 30.0 Å². The monoisotopic (exact) mass is 424 g/mol. The van der Waals surface area contributed by atoms with Crippen LogP contribution < -0.4 is 5.32 Å². The van der Waals surface area contributed by atoms with Crippen molar-refractivity contribution in [2.24, 2.45) is 0 Å². The highest BCUT2D eigenvalue weighted by Crippen LogP contribution is 2.32. The predicted molar refractivity (Wildman–Crippen MR) is 111 cm³/mol. The van der Waals surface area contributed by atoms with Crippen LogP contribution in [-0.4, -0.2) is 63.6 Å². The Morgan fingerprint density at radius 1 is 1.45 bits per heavy atom. The van der Waals surface area contributed by atoms with Crippen LogP contribution >= 0.6 is 0 Å². The van der Waals surface area contributed by atoms with Gasteiger partial charge in [-0.3, -0.25) is 9.48 Å². The Morgan fingerprint density at radius 2 is 2.29 bits per heavy atom. The molecule has 0 unspecified atom stereocenters. The SMILES string of the molecule is COC[C@H](C)NC(=O)c1c[nH]c2ncc(-c3nn(C4COC4)c4cc(F)ccc34)nc12. The number of ether oxygens (including phenoxy) is 2. The summed E-state index contributed by atoms with van der Waals surface area (Å²) in [5.41, 5.74) is 3.07. The number of aromatic amines is 1. The van der Waals surface area contributed by atoms with E-state index in [2.05, 4.69) is 20.3 Å². The molecule has 9 nitrogen and oxygen atoms in total. The van der Waals surface area contributed by atoms with Gasteiger partial charge in [-0.2, -0.15) is 5.10 Å². The number of carbonyl (C=O) groups is 1. The maximum Gasteiger partial charge on any atom is 0.255 e. The molecule has 1 fully saturated rings. The van der Waals surface area contributed by atoms with Crippen LogP contribution in [0.2, 0.25) is 0 Å². The number of rotatable bonds is 6. The fraction of sp³-hybridized carbons (Fsp3) is 0.333. The van der Waals surface area contributed by atoms with Crippen molar-refractivity contribution in [2.45, 2.75) is 19.0 Å². The number of halogens is 1. The zero-order valence-corrected chi connectivity index (χ0v) is 17.1. The molecule has 3 aromatic heterocycles. The summed E-state index contributed by atoms with van der Waals surface area (Å²) in [4.78, 5) is 24.8. The minimum atomic E-state index is -0.336. The Balaban J connectivity index is 1.58. The fourth-order valence-corrected chi connectivity index (χ4v) is 3.71. The number of H-pyrrole nitrogens is 1. The molecule has 4 aromatic rings. The van der Waals surface area contributed by atoms with Crippen LogP contribution in [0.1, 0.15) is 23.3 Å². The van der Waals surface area contributed by atoms with Crippen LogP contribution in [0.5, 0.6) is 0 Å². The minimum absolute atomic E-state index is 0.0469. The van der Waals surface area contributed by atoms with Crippen LogP contribution in [0.25, 0.3) is 33.5 Å². The number of carbonyl (C=O) groups excluding carboxylic acids is 1. The molecule has 10 heteroatoms. The molecule has 0 saturated carbocycles. The number of hydrogen-bond donors (Lipinski definition) is 2. The van der Waals surface area contributed by atoms with Gasteiger partial charge in [0.15, 0.2) is 5.65 Å². The second kappa shape index (κ2) is 7.71. The molecule has 1 amide bonds. The quantitative estimate of drug-likeness (QED) is 0.492. The second-order valence-electron chi connectivity index (χ2n) is 7.63. The molecule has 0 radical (unpaired) electrons. The van der Waals surface area contributed by atoms with Gasteiger partial charge in [0.05, 0.1) is 43.1 Å². The number of aromatic nitrogens is 5. The molecule has 2 N–H and O–H groups in total. The van der Waals surface area contributed by atoms with Crippen LogP contribution in [-0.2, 0) is 9.47 Å². The lowest BCUT2D eigenvalue weighted by molar-refractivity contribution is -0.0265. The Morgan fingerprint density at radius 3 is 3.03 bits per heavy atom. The van der Waals surface area contributed by atoms with Gasteiger partial charge in [0.2, 0.25) is 0 Å². The van der Waals surface area contributed by atoms with Crippen LogP contribution in [0.4, 0.5) is 4.39 Å². The summed E-state index contributed by atoms with van der Waals surface area (Å²) in [6.45, 7) is 3.31. The zero-order valence-electron chi connectivity index (χ0n) is 17.1. The van der Waals surface area contributed by atoms with Crippen molar-refractivity contribution < 1.29 is 18.7 Å².